The molecule has 0 N–H and O–H groups in total. The maximum Gasteiger partial charge on any atom is 0.359 e. The number of fused-ring (bicyclic) bond motifs is 1. The average molecular weight is 392 g/mol. The topological polar surface area (TPSA) is 64.4 Å². The van der Waals surface area contributed by atoms with Crippen molar-refractivity contribution in [1.29, 1.82) is 0 Å². The van der Waals surface area contributed by atoms with Gasteiger partial charge < -0.3 is 9.64 Å². The van der Waals surface area contributed by atoms with Gasteiger partial charge in [0, 0.05) is 36.5 Å². The Morgan fingerprint density at radius 1 is 1.38 bits per heavy atom. The maximum absolute atomic E-state index is 12.3. The van der Waals surface area contributed by atoms with Gasteiger partial charge in [-0.25, -0.2) is 9.48 Å². The summed E-state index contributed by atoms with van der Waals surface area (Å²) in [7, 11) is 0. The molecule has 1 aliphatic rings. The molecule has 2 heterocycles. The van der Waals surface area contributed by atoms with Crippen molar-refractivity contribution in [3.05, 3.63) is 45.7 Å². The summed E-state index contributed by atoms with van der Waals surface area (Å²) in [6.45, 7) is 4.58. The van der Waals surface area contributed by atoms with Crippen molar-refractivity contribution >= 4 is 27.8 Å². The third-order valence-corrected chi connectivity index (χ3v) is 4.52. The summed E-state index contributed by atoms with van der Waals surface area (Å²) in [5.74, 6) is -0.460. The van der Waals surface area contributed by atoms with E-state index < -0.39 is 5.97 Å². The molecule has 1 aromatic carbocycles. The lowest BCUT2D eigenvalue weighted by atomic mass is 10.0. The lowest BCUT2D eigenvalue weighted by molar-refractivity contribution is -0.129. The summed E-state index contributed by atoms with van der Waals surface area (Å²) in [6.07, 6.45) is 0.647. The number of ether oxygens (including phenoxy) is 1. The van der Waals surface area contributed by atoms with Crippen LogP contribution in [-0.4, -0.2) is 39.7 Å². The molecule has 0 bridgehead atoms. The second kappa shape index (κ2) is 6.76. The number of carbonyl (C=O) groups is 2. The number of esters is 1. The standard InChI is InChI=1S/C17H18BrN3O3/c1-3-24-17(23)16-14-10-20(11(2)22)8-7-15(14)21(19-16)13-6-4-5-12(18)9-13/h4-6,9H,3,7-8,10H2,1-2H3. The van der Waals surface area contributed by atoms with Gasteiger partial charge in [0.15, 0.2) is 5.69 Å². The summed E-state index contributed by atoms with van der Waals surface area (Å²) in [5.41, 5.74) is 2.88. The van der Waals surface area contributed by atoms with E-state index in [1.807, 2.05) is 24.3 Å². The minimum Gasteiger partial charge on any atom is -0.461 e. The van der Waals surface area contributed by atoms with Crippen molar-refractivity contribution in [2.75, 3.05) is 13.2 Å². The number of aromatic nitrogens is 2. The van der Waals surface area contributed by atoms with Gasteiger partial charge in [-0.15, -0.1) is 0 Å². The van der Waals surface area contributed by atoms with Gasteiger partial charge >= 0.3 is 5.97 Å². The van der Waals surface area contributed by atoms with Gasteiger partial charge in [-0.3, -0.25) is 4.79 Å². The van der Waals surface area contributed by atoms with Gasteiger partial charge in [-0.1, -0.05) is 22.0 Å². The van der Waals surface area contributed by atoms with E-state index in [2.05, 4.69) is 21.0 Å². The van der Waals surface area contributed by atoms with Gasteiger partial charge in [0.05, 0.1) is 18.0 Å². The number of rotatable bonds is 3. The zero-order valence-electron chi connectivity index (χ0n) is 13.6. The molecule has 6 nitrogen and oxygen atoms in total. The molecule has 1 aliphatic heterocycles. The first-order chi connectivity index (χ1) is 11.5. The normalized spacial score (nSPS) is 13.5. The molecule has 0 radical (unpaired) electrons. The van der Waals surface area contributed by atoms with E-state index in [-0.39, 0.29) is 18.2 Å². The van der Waals surface area contributed by atoms with Crippen molar-refractivity contribution in [3.63, 3.8) is 0 Å². The lowest BCUT2D eigenvalue weighted by Gasteiger charge is -2.26. The van der Waals surface area contributed by atoms with E-state index in [0.717, 1.165) is 21.4 Å². The third kappa shape index (κ3) is 3.08. The smallest absolute Gasteiger partial charge is 0.359 e. The number of carbonyl (C=O) groups excluding carboxylic acids is 2. The van der Waals surface area contributed by atoms with Crippen molar-refractivity contribution in [2.24, 2.45) is 0 Å². The zero-order valence-corrected chi connectivity index (χ0v) is 15.2. The highest BCUT2D eigenvalue weighted by Crippen LogP contribution is 2.27. The molecular weight excluding hydrogens is 374 g/mol. The largest absolute Gasteiger partial charge is 0.461 e. The summed E-state index contributed by atoms with van der Waals surface area (Å²) < 4.78 is 7.85. The molecule has 0 atom stereocenters. The zero-order chi connectivity index (χ0) is 17.3. The quantitative estimate of drug-likeness (QED) is 0.754. The van der Waals surface area contributed by atoms with Crippen molar-refractivity contribution in [1.82, 2.24) is 14.7 Å². The highest BCUT2D eigenvalue weighted by Gasteiger charge is 2.30. The number of benzene rings is 1. The fourth-order valence-electron chi connectivity index (χ4n) is 2.87. The predicted molar refractivity (Wildman–Crippen MR) is 92.0 cm³/mol. The third-order valence-electron chi connectivity index (χ3n) is 4.02. The van der Waals surface area contributed by atoms with Crippen LogP contribution in [0.15, 0.2) is 28.7 Å². The Morgan fingerprint density at radius 3 is 2.83 bits per heavy atom. The predicted octanol–water partition coefficient (Wildman–Crippen LogP) is 2.72. The molecule has 0 unspecified atom stereocenters. The summed E-state index contributed by atoms with van der Waals surface area (Å²) in [5, 5.41) is 4.50. The number of amides is 1. The van der Waals surface area contributed by atoms with Crippen LogP contribution in [0, 0.1) is 0 Å². The van der Waals surface area contributed by atoms with Crippen LogP contribution in [0.3, 0.4) is 0 Å². The van der Waals surface area contributed by atoms with Gasteiger partial charge in [0.2, 0.25) is 5.91 Å². The van der Waals surface area contributed by atoms with Crippen LogP contribution in [0.1, 0.15) is 35.6 Å². The number of hydrogen-bond donors (Lipinski definition) is 0. The van der Waals surface area contributed by atoms with Crippen molar-refractivity contribution in [2.45, 2.75) is 26.8 Å². The van der Waals surface area contributed by atoms with E-state index in [1.165, 1.54) is 6.92 Å². The SMILES string of the molecule is CCOC(=O)c1nn(-c2cccc(Br)c2)c2c1CN(C(C)=O)CC2. The Labute approximate surface area is 148 Å². The molecule has 2 aromatic rings. The molecule has 24 heavy (non-hydrogen) atoms. The van der Waals surface area contributed by atoms with E-state index >= 15 is 0 Å². The Morgan fingerprint density at radius 2 is 2.17 bits per heavy atom. The van der Waals surface area contributed by atoms with Crippen LogP contribution >= 0.6 is 15.9 Å². The summed E-state index contributed by atoms with van der Waals surface area (Å²) in [4.78, 5) is 25.7. The summed E-state index contributed by atoms with van der Waals surface area (Å²) in [6, 6.07) is 7.73. The first-order valence-corrected chi connectivity index (χ1v) is 8.60. The Bertz CT molecular complexity index is 800. The molecule has 0 fully saturated rings. The van der Waals surface area contributed by atoms with E-state index in [0.29, 0.717) is 19.5 Å². The molecule has 0 spiro atoms. The average Bonchev–Trinajstić information content (AvgIpc) is 2.94. The number of nitrogens with zero attached hydrogens (tertiary/aromatic N) is 3. The minimum atomic E-state index is -0.451. The van der Waals surface area contributed by atoms with Gasteiger partial charge in [0.25, 0.3) is 0 Å². The van der Waals surface area contributed by atoms with Gasteiger partial charge in [0.1, 0.15) is 0 Å². The van der Waals surface area contributed by atoms with Crippen LogP contribution < -0.4 is 0 Å². The van der Waals surface area contributed by atoms with Crippen LogP contribution in [0.2, 0.25) is 0 Å². The minimum absolute atomic E-state index is 0.00864. The molecule has 7 heteroatoms. The first kappa shape index (κ1) is 16.7. The number of hydrogen-bond acceptors (Lipinski definition) is 4. The molecule has 0 saturated heterocycles. The fourth-order valence-corrected chi connectivity index (χ4v) is 3.26. The second-order valence-electron chi connectivity index (χ2n) is 5.58. The van der Waals surface area contributed by atoms with Crippen molar-refractivity contribution in [3.8, 4) is 5.69 Å². The molecule has 3 rings (SSSR count). The highest BCUT2D eigenvalue weighted by molar-refractivity contribution is 9.10. The van der Waals surface area contributed by atoms with E-state index in [1.54, 1.807) is 16.5 Å². The summed E-state index contributed by atoms with van der Waals surface area (Å²) >= 11 is 3.46. The Balaban J connectivity index is 2.10. The lowest BCUT2D eigenvalue weighted by Crippen LogP contribution is -2.35. The molecular formula is C17H18BrN3O3. The second-order valence-corrected chi connectivity index (χ2v) is 6.49. The Hall–Kier alpha value is -2.15. The molecule has 0 aliphatic carbocycles. The van der Waals surface area contributed by atoms with Gasteiger partial charge in [-0.2, -0.15) is 5.10 Å². The first-order valence-electron chi connectivity index (χ1n) is 7.80. The van der Waals surface area contributed by atoms with Crippen LogP contribution in [0.5, 0.6) is 0 Å². The van der Waals surface area contributed by atoms with E-state index in [9.17, 15) is 9.59 Å². The van der Waals surface area contributed by atoms with Crippen molar-refractivity contribution < 1.29 is 14.3 Å². The Kier molecular flexibility index (Phi) is 4.71. The van der Waals surface area contributed by atoms with E-state index in [4.69, 9.17) is 4.74 Å². The maximum atomic E-state index is 12.3. The molecule has 0 saturated carbocycles. The number of halogens is 1. The molecule has 126 valence electrons. The fraction of sp³-hybridized carbons (Fsp3) is 0.353. The highest BCUT2D eigenvalue weighted by atomic mass is 79.9. The molecule has 1 aromatic heterocycles. The van der Waals surface area contributed by atoms with Crippen LogP contribution in [0.4, 0.5) is 0 Å². The van der Waals surface area contributed by atoms with Gasteiger partial charge in [-0.05, 0) is 25.1 Å². The monoisotopic (exact) mass is 391 g/mol. The van der Waals surface area contributed by atoms with Crippen LogP contribution in [-0.2, 0) is 22.5 Å². The van der Waals surface area contributed by atoms with Crippen LogP contribution in [0.25, 0.3) is 5.69 Å². The molecule has 1 amide bonds.